The molecule has 1 rings (SSSR count). The largest absolute Gasteiger partial charge is 0.433 e. The van der Waals surface area contributed by atoms with E-state index in [-0.39, 0.29) is 0 Å². The number of nitrogens with zero attached hydrogens (tertiary/aromatic N) is 2. The fourth-order valence-corrected chi connectivity index (χ4v) is 2.53. The van der Waals surface area contributed by atoms with Gasteiger partial charge in [-0.15, -0.1) is 0 Å². The smallest absolute Gasteiger partial charge is 0.368 e. The third-order valence-electron chi connectivity index (χ3n) is 2.48. The molecule has 1 aromatic heterocycles. The molecule has 1 heterocycles. The predicted octanol–water partition coefficient (Wildman–Crippen LogP) is 2.15. The first-order valence-corrected chi connectivity index (χ1v) is 7.11. The van der Waals surface area contributed by atoms with Gasteiger partial charge in [-0.25, -0.2) is 4.21 Å². The molecular weight excluding hydrogens is 281 g/mol. The summed E-state index contributed by atoms with van der Waals surface area (Å²) in [5.41, 5.74) is 4.37. The third kappa shape index (κ3) is 3.91. The fraction of sp³-hybridized carbons (Fsp3) is 0.400. The summed E-state index contributed by atoms with van der Waals surface area (Å²) in [5.74, 6) is -0.584. The Labute approximate surface area is 108 Å². The van der Waals surface area contributed by atoms with Gasteiger partial charge in [0.1, 0.15) is 5.69 Å². The van der Waals surface area contributed by atoms with Crippen LogP contribution < -0.4 is 5.73 Å². The van der Waals surface area contributed by atoms with Gasteiger partial charge in [0.15, 0.2) is 0 Å². The SMILES string of the molecule is CC(c1ccc(C(F)(F)F)nc1)S(C)(=O)=NC(=N)N. The highest BCUT2D eigenvalue weighted by Crippen LogP contribution is 2.29. The van der Waals surface area contributed by atoms with Crippen LogP contribution in [0.3, 0.4) is 0 Å². The predicted molar refractivity (Wildman–Crippen MR) is 66.1 cm³/mol. The summed E-state index contributed by atoms with van der Waals surface area (Å²) >= 11 is 0. The van der Waals surface area contributed by atoms with Gasteiger partial charge in [0.2, 0.25) is 5.96 Å². The lowest BCUT2D eigenvalue weighted by atomic mass is 10.2. The number of halogens is 3. The maximum atomic E-state index is 12.3. The van der Waals surface area contributed by atoms with Crippen molar-refractivity contribution in [3.63, 3.8) is 0 Å². The lowest BCUT2D eigenvalue weighted by molar-refractivity contribution is -0.141. The van der Waals surface area contributed by atoms with Crippen LogP contribution in [0.4, 0.5) is 13.2 Å². The van der Waals surface area contributed by atoms with Crippen molar-refractivity contribution in [3.8, 4) is 0 Å². The molecule has 0 amide bonds. The van der Waals surface area contributed by atoms with Gasteiger partial charge in [-0.1, -0.05) is 6.07 Å². The Bertz CT molecular complexity index is 588. The molecule has 2 atom stereocenters. The highest BCUT2D eigenvalue weighted by molar-refractivity contribution is 7.93. The van der Waals surface area contributed by atoms with E-state index in [1.807, 2.05) is 0 Å². The van der Waals surface area contributed by atoms with E-state index in [4.69, 9.17) is 11.1 Å². The second-order valence-electron chi connectivity index (χ2n) is 3.95. The Kier molecular flexibility index (Phi) is 4.18. The van der Waals surface area contributed by atoms with E-state index in [2.05, 4.69) is 9.35 Å². The zero-order valence-corrected chi connectivity index (χ0v) is 11.0. The van der Waals surface area contributed by atoms with Crippen LogP contribution in [0.2, 0.25) is 0 Å². The minimum absolute atomic E-state index is 0.338. The highest BCUT2D eigenvalue weighted by atomic mass is 32.2. The van der Waals surface area contributed by atoms with Gasteiger partial charge in [-0.05, 0) is 18.6 Å². The summed E-state index contributed by atoms with van der Waals surface area (Å²) in [5, 5.41) is 6.30. The third-order valence-corrected chi connectivity index (χ3v) is 4.63. The molecule has 0 spiro atoms. The van der Waals surface area contributed by atoms with Crippen molar-refractivity contribution in [2.45, 2.75) is 18.3 Å². The molecule has 9 heteroatoms. The minimum Gasteiger partial charge on any atom is -0.368 e. The fourth-order valence-electron chi connectivity index (χ4n) is 1.34. The minimum atomic E-state index is -4.51. The summed E-state index contributed by atoms with van der Waals surface area (Å²) in [4.78, 5) is 3.29. The van der Waals surface area contributed by atoms with Crippen LogP contribution in [0.25, 0.3) is 0 Å². The Morgan fingerprint density at radius 1 is 1.53 bits per heavy atom. The van der Waals surface area contributed by atoms with E-state index in [9.17, 15) is 17.4 Å². The number of hydrogen-bond acceptors (Lipinski definition) is 3. The summed E-state index contributed by atoms with van der Waals surface area (Å²) in [6.07, 6.45) is -2.22. The van der Waals surface area contributed by atoms with Crippen LogP contribution in [0.5, 0.6) is 0 Å². The Morgan fingerprint density at radius 2 is 2.11 bits per heavy atom. The molecule has 0 aliphatic rings. The number of nitrogens with one attached hydrogen (secondary N) is 1. The molecule has 0 aliphatic heterocycles. The average molecular weight is 294 g/mol. The molecule has 106 valence electrons. The van der Waals surface area contributed by atoms with Gasteiger partial charge < -0.3 is 5.73 Å². The zero-order valence-electron chi connectivity index (χ0n) is 10.2. The number of rotatable bonds is 2. The number of pyridine rings is 1. The molecule has 3 N–H and O–H groups in total. The molecule has 0 saturated heterocycles. The second-order valence-corrected chi connectivity index (χ2v) is 6.57. The maximum absolute atomic E-state index is 12.3. The molecule has 0 aromatic carbocycles. The first-order chi connectivity index (χ1) is 8.54. The Balaban J connectivity index is 3.13. The highest BCUT2D eigenvalue weighted by Gasteiger charge is 2.32. The standard InChI is InChI=1S/C10H13F3N4OS/c1-6(19(2,18)17-9(14)15)7-3-4-8(16-5-7)10(11,12)13/h3-6H,1-2H3,(H3,14,15). The molecule has 2 unspecified atom stereocenters. The second kappa shape index (κ2) is 5.16. The summed E-state index contributed by atoms with van der Waals surface area (Å²) in [6, 6.07) is 2.01. The number of hydrogen-bond donors (Lipinski definition) is 2. The van der Waals surface area contributed by atoms with Crippen LogP contribution >= 0.6 is 0 Å². The monoisotopic (exact) mass is 294 g/mol. The van der Waals surface area contributed by atoms with Crippen molar-refractivity contribution in [2.24, 2.45) is 10.1 Å². The molecule has 5 nitrogen and oxygen atoms in total. The molecule has 0 aliphatic carbocycles. The average Bonchev–Trinajstić information content (AvgIpc) is 2.25. The number of guanidine groups is 1. The van der Waals surface area contributed by atoms with Gasteiger partial charge in [-0.2, -0.15) is 17.5 Å². The molecule has 0 bridgehead atoms. The van der Waals surface area contributed by atoms with Crippen LogP contribution in [-0.2, 0) is 15.9 Å². The van der Waals surface area contributed by atoms with Crippen LogP contribution in [-0.4, -0.2) is 21.4 Å². The molecule has 19 heavy (non-hydrogen) atoms. The van der Waals surface area contributed by atoms with Crippen molar-refractivity contribution < 1.29 is 17.4 Å². The van der Waals surface area contributed by atoms with Crippen molar-refractivity contribution in [2.75, 3.05) is 6.26 Å². The van der Waals surface area contributed by atoms with E-state index < -0.39 is 32.8 Å². The summed E-state index contributed by atoms with van der Waals surface area (Å²) < 4.78 is 52.7. The van der Waals surface area contributed by atoms with Crippen LogP contribution in [0.1, 0.15) is 23.4 Å². The van der Waals surface area contributed by atoms with Gasteiger partial charge >= 0.3 is 6.18 Å². The quantitative estimate of drug-likeness (QED) is 0.646. The van der Waals surface area contributed by atoms with Gasteiger partial charge in [-0.3, -0.25) is 10.4 Å². The number of alkyl halides is 3. The van der Waals surface area contributed by atoms with E-state index in [1.54, 1.807) is 0 Å². The van der Waals surface area contributed by atoms with E-state index in [1.165, 1.54) is 19.2 Å². The number of aromatic nitrogens is 1. The van der Waals surface area contributed by atoms with Crippen LogP contribution in [0.15, 0.2) is 22.7 Å². The van der Waals surface area contributed by atoms with Gasteiger partial charge in [0.05, 0.1) is 15.0 Å². The zero-order chi connectivity index (χ0) is 14.8. The maximum Gasteiger partial charge on any atom is 0.433 e. The Hall–Kier alpha value is -1.64. The van der Waals surface area contributed by atoms with E-state index in [0.29, 0.717) is 5.56 Å². The molecule has 0 fully saturated rings. The lowest BCUT2D eigenvalue weighted by Crippen LogP contribution is -2.15. The van der Waals surface area contributed by atoms with E-state index >= 15 is 0 Å². The van der Waals surface area contributed by atoms with Crippen molar-refractivity contribution in [1.29, 1.82) is 5.41 Å². The Morgan fingerprint density at radius 3 is 2.47 bits per heavy atom. The molecule has 0 radical (unpaired) electrons. The van der Waals surface area contributed by atoms with E-state index in [0.717, 1.165) is 12.3 Å². The topological polar surface area (TPSA) is 92.2 Å². The normalized spacial score (nSPS) is 16.5. The molecular formula is C10H13F3N4OS. The van der Waals surface area contributed by atoms with Crippen LogP contribution in [0, 0.1) is 5.41 Å². The molecule has 1 aromatic rings. The van der Waals surface area contributed by atoms with Crippen molar-refractivity contribution in [1.82, 2.24) is 4.98 Å². The summed E-state index contributed by atoms with van der Waals surface area (Å²) in [6.45, 7) is 1.53. The van der Waals surface area contributed by atoms with Gasteiger partial charge in [0, 0.05) is 12.5 Å². The van der Waals surface area contributed by atoms with Gasteiger partial charge in [0.25, 0.3) is 0 Å². The number of nitrogens with two attached hydrogens (primary N) is 1. The summed E-state index contributed by atoms with van der Waals surface area (Å²) in [7, 11) is -2.86. The molecule has 0 saturated carbocycles. The van der Waals surface area contributed by atoms with Crippen molar-refractivity contribution in [3.05, 3.63) is 29.6 Å². The first kappa shape index (κ1) is 15.4. The first-order valence-electron chi connectivity index (χ1n) is 5.12. The van der Waals surface area contributed by atoms with Crippen molar-refractivity contribution >= 4 is 15.7 Å². The lowest BCUT2D eigenvalue weighted by Gasteiger charge is -2.14.